The standard InChI is InChI=1S/3H3O4P/c3*1-5(2,3)4/h3*(H3,1,2,3,4)/p-9. The number of rotatable bonds is 0. The molecule has 0 rings (SSSR count). The second-order valence-corrected chi connectivity index (χ2v) is 4.02. The molecule has 0 spiro atoms. The first-order chi connectivity index (χ1) is 6.00. The van der Waals surface area contributed by atoms with Crippen molar-refractivity contribution >= 4 is 23.5 Å². The maximum absolute atomic E-state index is 8.55. The summed E-state index contributed by atoms with van der Waals surface area (Å²) in [7, 11) is -16.2. The SMILES string of the molecule is O=P([O-])([O-])[O-].O=P([O-])([O-])[O-].O=P([O-])([O-])[O-]. The van der Waals surface area contributed by atoms with Crippen molar-refractivity contribution in [2.24, 2.45) is 0 Å². The monoisotopic (exact) mass is 285 g/mol. The second-order valence-electron chi connectivity index (χ2n) is 1.34. The molecule has 0 aromatic rings. The Morgan fingerprint density at radius 3 is 0.400 bits per heavy atom. The molecular weight excluding hydrogens is 285 g/mol. The van der Waals surface area contributed by atoms with E-state index >= 15 is 0 Å². The third-order valence-electron chi connectivity index (χ3n) is 0. The highest BCUT2D eigenvalue weighted by atomic mass is 31.2. The smallest absolute Gasteiger partial charge is 0.159 e. The Morgan fingerprint density at radius 1 is 0.400 bits per heavy atom. The van der Waals surface area contributed by atoms with Crippen LogP contribution in [0.25, 0.3) is 0 Å². The lowest BCUT2D eigenvalue weighted by Crippen LogP contribution is -2.24. The number of hydrogen-bond donors (Lipinski definition) is 0. The van der Waals surface area contributed by atoms with Crippen LogP contribution in [-0.2, 0) is 13.7 Å². The van der Waals surface area contributed by atoms with Crippen molar-refractivity contribution in [3.63, 3.8) is 0 Å². The molecule has 0 heterocycles. The molecule has 0 N–H and O–H groups in total. The fourth-order valence-corrected chi connectivity index (χ4v) is 0. The topological polar surface area (TPSA) is 259 Å². The lowest BCUT2D eigenvalue weighted by Gasteiger charge is -2.36. The molecule has 0 atom stereocenters. The van der Waals surface area contributed by atoms with Crippen molar-refractivity contribution in [1.29, 1.82) is 0 Å². The summed E-state index contributed by atoms with van der Waals surface area (Å²) in [5.41, 5.74) is 0. The minimum Gasteiger partial charge on any atom is -0.822 e. The van der Waals surface area contributed by atoms with Crippen LogP contribution in [0.15, 0.2) is 0 Å². The van der Waals surface area contributed by atoms with Gasteiger partial charge in [0.1, 0.15) is 0 Å². The zero-order valence-corrected chi connectivity index (χ0v) is 8.92. The first-order valence-corrected chi connectivity index (χ1v) is 6.57. The van der Waals surface area contributed by atoms with Crippen LogP contribution in [-0.4, -0.2) is 0 Å². The normalized spacial score (nSPS) is 11.8. The molecular formula is O12P3-9. The van der Waals surface area contributed by atoms with Crippen molar-refractivity contribution in [2.75, 3.05) is 0 Å². The summed E-state index contributed by atoms with van der Waals surface area (Å²) in [6.07, 6.45) is 0. The third kappa shape index (κ3) is 20000. The molecule has 0 saturated carbocycles. The molecule has 15 heteroatoms. The Kier molecular flexibility index (Phi) is 10.5. The van der Waals surface area contributed by atoms with Crippen LogP contribution in [0.5, 0.6) is 0 Å². The van der Waals surface area contributed by atoms with Gasteiger partial charge in [-0.15, -0.1) is 0 Å². The molecule has 0 aliphatic carbocycles. The summed E-state index contributed by atoms with van der Waals surface area (Å²) in [5.74, 6) is 0. The highest BCUT2D eigenvalue weighted by Crippen LogP contribution is 2.04. The van der Waals surface area contributed by atoms with E-state index in [1.807, 2.05) is 0 Å². The van der Waals surface area contributed by atoms with Crippen molar-refractivity contribution in [3.8, 4) is 0 Å². The molecule has 0 aromatic carbocycles. The van der Waals surface area contributed by atoms with Crippen molar-refractivity contribution in [1.82, 2.24) is 0 Å². The molecule has 12 nitrogen and oxygen atoms in total. The van der Waals surface area contributed by atoms with Crippen LogP contribution in [0.4, 0.5) is 0 Å². The van der Waals surface area contributed by atoms with Crippen molar-refractivity contribution < 1.29 is 57.7 Å². The summed E-state index contributed by atoms with van der Waals surface area (Å²) in [4.78, 5) is 76.9. The molecule has 96 valence electrons. The van der Waals surface area contributed by atoms with Gasteiger partial charge in [-0.1, -0.05) is 0 Å². The van der Waals surface area contributed by atoms with Gasteiger partial charge in [0.2, 0.25) is 0 Å². The van der Waals surface area contributed by atoms with Gasteiger partial charge in [0.15, 0.2) is 0 Å². The van der Waals surface area contributed by atoms with E-state index in [2.05, 4.69) is 0 Å². The summed E-state index contributed by atoms with van der Waals surface area (Å²) >= 11 is 0. The highest BCUT2D eigenvalue weighted by Gasteiger charge is 1.45. The van der Waals surface area contributed by atoms with E-state index in [4.69, 9.17) is 57.7 Å². The highest BCUT2D eigenvalue weighted by molar-refractivity contribution is 7.40. The molecule has 15 heavy (non-hydrogen) atoms. The van der Waals surface area contributed by atoms with Gasteiger partial charge >= 0.3 is 0 Å². The Bertz CT molecular complexity index is 197. The van der Waals surface area contributed by atoms with Crippen LogP contribution in [0.1, 0.15) is 0 Å². The lowest BCUT2D eigenvalue weighted by molar-refractivity contribution is -0.434. The zero-order chi connectivity index (χ0) is 13.5. The van der Waals surface area contributed by atoms with Crippen LogP contribution >= 0.6 is 23.5 Å². The Morgan fingerprint density at radius 2 is 0.400 bits per heavy atom. The molecule has 0 unspecified atom stereocenters. The van der Waals surface area contributed by atoms with Crippen LogP contribution in [0, 0.1) is 0 Å². The second kappa shape index (κ2) is 7.58. The van der Waals surface area contributed by atoms with Gasteiger partial charge in [0.05, 0.1) is 0 Å². The van der Waals surface area contributed by atoms with Gasteiger partial charge in [0.25, 0.3) is 0 Å². The molecule has 0 amide bonds. The average Bonchev–Trinajstić information content (AvgIpc) is 1.41. The number of hydrogen-bond acceptors (Lipinski definition) is 12. The van der Waals surface area contributed by atoms with E-state index in [9.17, 15) is 0 Å². The lowest BCUT2D eigenvalue weighted by atomic mass is 15.8. The van der Waals surface area contributed by atoms with Gasteiger partial charge in [-0.05, 0) is 0 Å². The van der Waals surface area contributed by atoms with E-state index in [0.29, 0.717) is 0 Å². The Labute approximate surface area is 82.2 Å². The number of phosphoric acid groups is 3. The van der Waals surface area contributed by atoms with E-state index in [1.54, 1.807) is 0 Å². The van der Waals surface area contributed by atoms with Crippen LogP contribution in [0.3, 0.4) is 0 Å². The Hall–Kier alpha value is 0.330. The van der Waals surface area contributed by atoms with Gasteiger partial charge in [-0.2, -0.15) is 23.5 Å². The predicted molar refractivity (Wildman–Crippen MR) is 22.8 cm³/mol. The van der Waals surface area contributed by atoms with Gasteiger partial charge in [0, 0.05) is 0 Å². The average molecular weight is 285 g/mol. The maximum atomic E-state index is 8.55. The van der Waals surface area contributed by atoms with Gasteiger partial charge in [-0.25, -0.2) is 0 Å². The molecule has 0 aliphatic rings. The first kappa shape index (κ1) is 20.7. The molecule has 0 fully saturated rings. The minimum absolute atomic E-state index is 5.39. The summed E-state index contributed by atoms with van der Waals surface area (Å²) < 4.78 is 25.6. The summed E-state index contributed by atoms with van der Waals surface area (Å²) in [5, 5.41) is 0. The van der Waals surface area contributed by atoms with Gasteiger partial charge < -0.3 is 57.7 Å². The molecule has 0 bridgehead atoms. The minimum atomic E-state index is -5.39. The Balaban J connectivity index is -0.000000144. The van der Waals surface area contributed by atoms with E-state index in [0.717, 1.165) is 0 Å². The van der Waals surface area contributed by atoms with E-state index < -0.39 is 23.5 Å². The molecule has 0 radical (unpaired) electrons. The summed E-state index contributed by atoms with van der Waals surface area (Å²) in [6.45, 7) is 0. The molecule has 0 aromatic heterocycles. The van der Waals surface area contributed by atoms with Crippen LogP contribution in [0.2, 0.25) is 0 Å². The first-order valence-electron chi connectivity index (χ1n) is 2.19. The molecule has 0 saturated heterocycles. The van der Waals surface area contributed by atoms with Crippen LogP contribution < -0.4 is 44.0 Å². The predicted octanol–water partition coefficient (Wildman–Crippen LogP) is -8.47. The van der Waals surface area contributed by atoms with E-state index in [-0.39, 0.29) is 0 Å². The quantitative estimate of drug-likeness (QED) is 0.375. The largest absolute Gasteiger partial charge is 0.822 e. The van der Waals surface area contributed by atoms with Crippen molar-refractivity contribution in [3.05, 3.63) is 0 Å². The van der Waals surface area contributed by atoms with Gasteiger partial charge in [-0.3, -0.25) is 0 Å². The maximum Gasteiger partial charge on any atom is -0.159 e. The molecule has 0 aliphatic heterocycles. The fourth-order valence-electron chi connectivity index (χ4n) is 0. The van der Waals surface area contributed by atoms with E-state index in [1.165, 1.54) is 0 Å². The zero-order valence-electron chi connectivity index (χ0n) is 6.24. The third-order valence-corrected chi connectivity index (χ3v) is 0. The fraction of sp³-hybridized carbons (Fsp3) is 0. The summed E-state index contributed by atoms with van der Waals surface area (Å²) in [6, 6.07) is 0. The van der Waals surface area contributed by atoms with Crippen molar-refractivity contribution in [2.45, 2.75) is 0 Å².